The standard InChI is InChI=1S/C19H22N2O3/c1-4-14-8-7-9-15(12-14)24-13-18(22)20-17-11-6-5-10-16(17)19(23)21(2)3/h5-12H,4,13H2,1-3H3,(H,20,22). The van der Waals surface area contributed by atoms with Crippen molar-refractivity contribution in [2.75, 3.05) is 26.0 Å². The number of anilines is 1. The Bertz CT molecular complexity index is 726. The van der Waals surface area contributed by atoms with Crippen LogP contribution in [-0.4, -0.2) is 37.4 Å². The van der Waals surface area contributed by atoms with Crippen LogP contribution in [0.3, 0.4) is 0 Å². The largest absolute Gasteiger partial charge is 0.484 e. The van der Waals surface area contributed by atoms with Gasteiger partial charge < -0.3 is 15.0 Å². The minimum absolute atomic E-state index is 0.113. The molecule has 0 saturated carbocycles. The van der Waals surface area contributed by atoms with Crippen LogP contribution in [0.5, 0.6) is 5.75 Å². The quantitative estimate of drug-likeness (QED) is 0.888. The van der Waals surface area contributed by atoms with Gasteiger partial charge in [0, 0.05) is 14.1 Å². The zero-order valence-electron chi connectivity index (χ0n) is 14.2. The fraction of sp³-hybridized carbons (Fsp3) is 0.263. The smallest absolute Gasteiger partial charge is 0.262 e. The number of ether oxygens (including phenoxy) is 1. The monoisotopic (exact) mass is 326 g/mol. The molecule has 0 spiro atoms. The summed E-state index contributed by atoms with van der Waals surface area (Å²) in [5.41, 5.74) is 2.07. The molecule has 0 radical (unpaired) electrons. The van der Waals surface area contributed by atoms with E-state index in [0.717, 1.165) is 12.0 Å². The summed E-state index contributed by atoms with van der Waals surface area (Å²) in [5, 5.41) is 2.73. The summed E-state index contributed by atoms with van der Waals surface area (Å²) in [7, 11) is 3.34. The van der Waals surface area contributed by atoms with E-state index in [2.05, 4.69) is 12.2 Å². The summed E-state index contributed by atoms with van der Waals surface area (Å²) in [6, 6.07) is 14.6. The van der Waals surface area contributed by atoms with Gasteiger partial charge in [-0.15, -0.1) is 0 Å². The normalized spacial score (nSPS) is 10.1. The Morgan fingerprint density at radius 2 is 1.83 bits per heavy atom. The Morgan fingerprint density at radius 1 is 1.08 bits per heavy atom. The molecule has 0 aliphatic carbocycles. The number of hydrogen-bond donors (Lipinski definition) is 1. The Hall–Kier alpha value is -2.82. The molecule has 0 aromatic heterocycles. The van der Waals surface area contributed by atoms with E-state index in [9.17, 15) is 9.59 Å². The van der Waals surface area contributed by atoms with E-state index in [1.807, 2.05) is 24.3 Å². The molecule has 0 fully saturated rings. The van der Waals surface area contributed by atoms with Crippen molar-refractivity contribution in [1.82, 2.24) is 4.90 Å². The van der Waals surface area contributed by atoms with E-state index < -0.39 is 0 Å². The third kappa shape index (κ3) is 4.59. The lowest BCUT2D eigenvalue weighted by atomic mass is 10.1. The summed E-state index contributed by atoms with van der Waals surface area (Å²) in [5.74, 6) is 0.181. The SMILES string of the molecule is CCc1cccc(OCC(=O)Nc2ccccc2C(=O)N(C)C)c1. The fourth-order valence-electron chi connectivity index (χ4n) is 2.21. The topological polar surface area (TPSA) is 58.6 Å². The minimum atomic E-state index is -0.309. The van der Waals surface area contributed by atoms with Gasteiger partial charge in [0.25, 0.3) is 11.8 Å². The van der Waals surface area contributed by atoms with Crippen molar-refractivity contribution in [2.24, 2.45) is 0 Å². The molecule has 24 heavy (non-hydrogen) atoms. The molecule has 2 aromatic carbocycles. The Labute approximate surface area is 142 Å². The first-order valence-electron chi connectivity index (χ1n) is 7.83. The third-order valence-corrected chi connectivity index (χ3v) is 3.51. The lowest BCUT2D eigenvalue weighted by Gasteiger charge is -2.15. The average Bonchev–Trinajstić information content (AvgIpc) is 2.60. The van der Waals surface area contributed by atoms with E-state index in [1.54, 1.807) is 38.4 Å². The van der Waals surface area contributed by atoms with Crippen molar-refractivity contribution in [3.05, 3.63) is 59.7 Å². The van der Waals surface area contributed by atoms with Gasteiger partial charge >= 0.3 is 0 Å². The highest BCUT2D eigenvalue weighted by molar-refractivity contribution is 6.03. The lowest BCUT2D eigenvalue weighted by Crippen LogP contribution is -2.25. The van der Waals surface area contributed by atoms with Gasteiger partial charge in [-0.1, -0.05) is 31.2 Å². The van der Waals surface area contributed by atoms with E-state index in [-0.39, 0.29) is 18.4 Å². The number of rotatable bonds is 6. The second kappa shape index (κ2) is 8.15. The van der Waals surface area contributed by atoms with E-state index >= 15 is 0 Å². The molecule has 5 nitrogen and oxygen atoms in total. The first-order valence-corrected chi connectivity index (χ1v) is 7.83. The van der Waals surface area contributed by atoms with E-state index in [0.29, 0.717) is 17.0 Å². The summed E-state index contributed by atoms with van der Waals surface area (Å²) in [4.78, 5) is 25.7. The number of carbonyl (C=O) groups excluding carboxylic acids is 2. The number of carbonyl (C=O) groups is 2. The zero-order chi connectivity index (χ0) is 17.5. The summed E-state index contributed by atoms with van der Waals surface area (Å²) in [6.07, 6.45) is 0.906. The van der Waals surface area contributed by atoms with Gasteiger partial charge in [-0.3, -0.25) is 9.59 Å². The van der Waals surface area contributed by atoms with Crippen molar-refractivity contribution >= 4 is 17.5 Å². The summed E-state index contributed by atoms with van der Waals surface area (Å²) < 4.78 is 5.52. The van der Waals surface area contributed by atoms with Crippen LogP contribution in [0.15, 0.2) is 48.5 Å². The maximum absolute atomic E-state index is 12.1. The van der Waals surface area contributed by atoms with Crippen molar-refractivity contribution < 1.29 is 14.3 Å². The van der Waals surface area contributed by atoms with Crippen LogP contribution in [0.25, 0.3) is 0 Å². The predicted molar refractivity (Wildman–Crippen MR) is 94.4 cm³/mol. The second-order valence-corrected chi connectivity index (χ2v) is 5.58. The average molecular weight is 326 g/mol. The highest BCUT2D eigenvalue weighted by Gasteiger charge is 2.14. The van der Waals surface area contributed by atoms with Crippen LogP contribution in [0, 0.1) is 0 Å². The van der Waals surface area contributed by atoms with E-state index in [4.69, 9.17) is 4.74 Å². The van der Waals surface area contributed by atoms with Gasteiger partial charge in [0.05, 0.1) is 11.3 Å². The Balaban J connectivity index is 2.01. The first-order chi connectivity index (χ1) is 11.5. The van der Waals surface area contributed by atoms with Gasteiger partial charge in [-0.2, -0.15) is 0 Å². The van der Waals surface area contributed by atoms with Gasteiger partial charge in [0.1, 0.15) is 5.75 Å². The van der Waals surface area contributed by atoms with Crippen molar-refractivity contribution in [1.29, 1.82) is 0 Å². The molecule has 0 bridgehead atoms. The van der Waals surface area contributed by atoms with Crippen LogP contribution in [0.4, 0.5) is 5.69 Å². The molecular weight excluding hydrogens is 304 g/mol. The fourth-order valence-corrected chi connectivity index (χ4v) is 2.21. The predicted octanol–water partition coefficient (Wildman–Crippen LogP) is 2.97. The maximum Gasteiger partial charge on any atom is 0.262 e. The second-order valence-electron chi connectivity index (χ2n) is 5.58. The number of benzene rings is 2. The molecule has 2 rings (SSSR count). The molecule has 5 heteroatoms. The molecule has 2 amide bonds. The molecule has 2 aromatic rings. The molecule has 0 aliphatic heterocycles. The number of nitrogens with one attached hydrogen (secondary N) is 1. The molecule has 0 saturated heterocycles. The summed E-state index contributed by atoms with van der Waals surface area (Å²) in [6.45, 7) is 1.95. The number of aryl methyl sites for hydroxylation is 1. The molecule has 0 atom stereocenters. The van der Waals surface area contributed by atoms with Crippen LogP contribution in [0.1, 0.15) is 22.8 Å². The highest BCUT2D eigenvalue weighted by atomic mass is 16.5. The highest BCUT2D eigenvalue weighted by Crippen LogP contribution is 2.17. The van der Waals surface area contributed by atoms with Crippen LogP contribution >= 0.6 is 0 Å². The van der Waals surface area contributed by atoms with Crippen LogP contribution < -0.4 is 10.1 Å². The van der Waals surface area contributed by atoms with Crippen molar-refractivity contribution in [2.45, 2.75) is 13.3 Å². The van der Waals surface area contributed by atoms with Gasteiger partial charge in [-0.25, -0.2) is 0 Å². The minimum Gasteiger partial charge on any atom is -0.484 e. The lowest BCUT2D eigenvalue weighted by molar-refractivity contribution is -0.118. The van der Waals surface area contributed by atoms with Crippen LogP contribution in [-0.2, 0) is 11.2 Å². The Morgan fingerprint density at radius 3 is 2.54 bits per heavy atom. The number of para-hydroxylation sites is 1. The van der Waals surface area contributed by atoms with Crippen molar-refractivity contribution in [3.63, 3.8) is 0 Å². The van der Waals surface area contributed by atoms with Crippen molar-refractivity contribution in [3.8, 4) is 5.75 Å². The maximum atomic E-state index is 12.1. The number of nitrogens with zero attached hydrogens (tertiary/aromatic N) is 1. The molecule has 126 valence electrons. The number of hydrogen-bond acceptors (Lipinski definition) is 3. The van der Waals surface area contributed by atoms with Gasteiger partial charge in [0.2, 0.25) is 0 Å². The van der Waals surface area contributed by atoms with Crippen LogP contribution in [0.2, 0.25) is 0 Å². The Kier molecular flexibility index (Phi) is 5.95. The van der Waals surface area contributed by atoms with Gasteiger partial charge in [-0.05, 0) is 36.2 Å². The van der Waals surface area contributed by atoms with Gasteiger partial charge in [0.15, 0.2) is 6.61 Å². The molecule has 1 N–H and O–H groups in total. The molecule has 0 aliphatic rings. The molecule has 0 heterocycles. The third-order valence-electron chi connectivity index (χ3n) is 3.51. The first kappa shape index (κ1) is 17.5. The summed E-state index contributed by atoms with van der Waals surface area (Å²) >= 11 is 0. The zero-order valence-corrected chi connectivity index (χ0v) is 14.2. The molecular formula is C19H22N2O3. The number of amides is 2. The molecule has 0 unspecified atom stereocenters. The van der Waals surface area contributed by atoms with E-state index in [1.165, 1.54) is 4.90 Å².